The normalized spacial score (nSPS) is 14.5. The van der Waals surface area contributed by atoms with Gasteiger partial charge in [0.1, 0.15) is 11.5 Å². The summed E-state index contributed by atoms with van der Waals surface area (Å²) in [5.41, 5.74) is 1.54. The molecule has 1 aliphatic rings. The molecule has 0 atom stereocenters. The Morgan fingerprint density at radius 2 is 2.21 bits per heavy atom. The second kappa shape index (κ2) is 7.15. The highest BCUT2D eigenvalue weighted by Crippen LogP contribution is 2.19. The van der Waals surface area contributed by atoms with Crippen LogP contribution in [0, 0.1) is 11.8 Å². The van der Waals surface area contributed by atoms with Gasteiger partial charge in [-0.25, -0.2) is 9.78 Å². The van der Waals surface area contributed by atoms with E-state index < -0.39 is 6.03 Å². The summed E-state index contributed by atoms with van der Waals surface area (Å²) in [6.07, 6.45) is 6.09. The number of aliphatic hydroxyl groups excluding tert-OH is 1. The summed E-state index contributed by atoms with van der Waals surface area (Å²) in [5, 5.41) is 11.0. The minimum Gasteiger partial charge on any atom is -0.396 e. The molecule has 0 aromatic carbocycles. The lowest BCUT2D eigenvalue weighted by molar-refractivity contribution is -0.120. The second-order valence-corrected chi connectivity index (χ2v) is 5.50. The molecule has 0 unspecified atom stereocenters. The topological polar surface area (TPSA) is 86.9 Å². The lowest BCUT2D eigenvalue weighted by atomic mass is 10.2. The number of carbonyl (C=O) groups excluding carboxylic acids is 2. The number of amides is 3. The number of hydrogen-bond donors (Lipinski definition) is 2. The van der Waals surface area contributed by atoms with Crippen LogP contribution in [0.3, 0.4) is 0 Å². The van der Waals surface area contributed by atoms with Crippen LogP contribution < -0.4 is 10.2 Å². The molecule has 7 heteroatoms. The quantitative estimate of drug-likeness (QED) is 0.655. The fourth-order valence-electron chi connectivity index (χ4n) is 2.52. The molecule has 3 rings (SSSR count). The number of pyridine rings is 1. The SMILES string of the molecule is O=C1CCN(c2cnc3cc(C#CCCCCO)ccn23)C(=O)N1. The number of nitrogens with one attached hydrogen (secondary N) is 1. The van der Waals surface area contributed by atoms with E-state index in [0.29, 0.717) is 18.0 Å². The predicted molar refractivity (Wildman–Crippen MR) is 88.5 cm³/mol. The minimum absolute atomic E-state index is 0.195. The van der Waals surface area contributed by atoms with Crippen LogP contribution in [0.25, 0.3) is 5.65 Å². The number of urea groups is 1. The third kappa shape index (κ3) is 3.39. The van der Waals surface area contributed by atoms with Gasteiger partial charge in [-0.1, -0.05) is 11.8 Å². The van der Waals surface area contributed by atoms with Crippen molar-refractivity contribution in [3.05, 3.63) is 30.1 Å². The number of aromatic nitrogens is 2. The van der Waals surface area contributed by atoms with Gasteiger partial charge in [-0.05, 0) is 25.0 Å². The molecule has 3 amide bonds. The molecule has 2 N–H and O–H groups in total. The average molecular weight is 326 g/mol. The standard InChI is InChI=1S/C17H18N4O3/c22-10-4-2-1-3-5-13-6-8-20-14(11-13)18-12-16(20)21-9-7-15(23)19-17(21)24/h6,8,11-12,22H,1-2,4,7,9-10H2,(H,19,23,24). The summed E-state index contributed by atoms with van der Waals surface area (Å²) < 4.78 is 1.80. The molecule has 0 radical (unpaired) electrons. The summed E-state index contributed by atoms with van der Waals surface area (Å²) in [6.45, 7) is 0.533. The van der Waals surface area contributed by atoms with Crippen molar-refractivity contribution in [1.82, 2.24) is 14.7 Å². The Morgan fingerprint density at radius 1 is 1.33 bits per heavy atom. The first-order chi connectivity index (χ1) is 11.7. The highest BCUT2D eigenvalue weighted by atomic mass is 16.3. The average Bonchev–Trinajstić information content (AvgIpc) is 2.98. The predicted octanol–water partition coefficient (Wildman–Crippen LogP) is 1.29. The number of rotatable bonds is 4. The number of hydrogen-bond acceptors (Lipinski definition) is 4. The Bertz CT molecular complexity index is 831. The van der Waals surface area contributed by atoms with Gasteiger partial charge in [-0.3, -0.25) is 19.4 Å². The van der Waals surface area contributed by atoms with Gasteiger partial charge in [0.15, 0.2) is 0 Å². The van der Waals surface area contributed by atoms with Crippen molar-refractivity contribution < 1.29 is 14.7 Å². The highest BCUT2D eigenvalue weighted by molar-refractivity contribution is 6.05. The molecule has 1 aliphatic heterocycles. The summed E-state index contributed by atoms with van der Waals surface area (Å²) in [6, 6.07) is 3.29. The number of aliphatic hydroxyl groups is 1. The lowest BCUT2D eigenvalue weighted by Crippen LogP contribution is -2.50. The van der Waals surface area contributed by atoms with Gasteiger partial charge in [0.05, 0.1) is 6.20 Å². The number of carbonyl (C=O) groups is 2. The molecule has 24 heavy (non-hydrogen) atoms. The smallest absolute Gasteiger partial charge is 0.329 e. The van der Waals surface area contributed by atoms with Gasteiger partial charge in [-0.15, -0.1) is 0 Å². The molecule has 7 nitrogen and oxygen atoms in total. The van der Waals surface area contributed by atoms with Gasteiger partial charge in [0.25, 0.3) is 0 Å². The zero-order chi connectivity index (χ0) is 16.9. The van der Waals surface area contributed by atoms with Gasteiger partial charge in [0.2, 0.25) is 5.91 Å². The Morgan fingerprint density at radius 3 is 3.00 bits per heavy atom. The molecule has 2 aromatic rings. The van der Waals surface area contributed by atoms with Gasteiger partial charge < -0.3 is 5.11 Å². The number of unbranched alkanes of at least 4 members (excludes halogenated alkanes) is 2. The van der Waals surface area contributed by atoms with Crippen LogP contribution in [-0.2, 0) is 4.79 Å². The maximum Gasteiger partial charge on any atom is 0.329 e. The summed E-state index contributed by atoms with van der Waals surface area (Å²) >= 11 is 0. The molecule has 124 valence electrons. The van der Waals surface area contributed by atoms with E-state index in [4.69, 9.17) is 5.11 Å². The van der Waals surface area contributed by atoms with E-state index in [1.807, 2.05) is 18.3 Å². The Hall–Kier alpha value is -2.85. The molecule has 0 saturated carbocycles. The Balaban J connectivity index is 1.78. The van der Waals surface area contributed by atoms with E-state index in [-0.39, 0.29) is 18.9 Å². The summed E-state index contributed by atoms with van der Waals surface area (Å²) in [4.78, 5) is 29.0. The number of fused-ring (bicyclic) bond motifs is 1. The van der Waals surface area contributed by atoms with Crippen LogP contribution in [0.5, 0.6) is 0 Å². The lowest BCUT2D eigenvalue weighted by Gasteiger charge is -2.25. The third-order valence-corrected chi connectivity index (χ3v) is 3.77. The largest absolute Gasteiger partial charge is 0.396 e. The van der Waals surface area contributed by atoms with Crippen molar-refractivity contribution in [1.29, 1.82) is 0 Å². The maximum absolute atomic E-state index is 12.0. The van der Waals surface area contributed by atoms with Crippen LogP contribution in [0.2, 0.25) is 0 Å². The van der Waals surface area contributed by atoms with Gasteiger partial charge in [0, 0.05) is 37.8 Å². The number of anilines is 1. The monoisotopic (exact) mass is 326 g/mol. The van der Waals surface area contributed by atoms with Gasteiger partial charge in [-0.2, -0.15) is 0 Å². The first kappa shape index (κ1) is 16.0. The molecule has 3 heterocycles. The number of nitrogens with zero attached hydrogens (tertiary/aromatic N) is 3. The van der Waals surface area contributed by atoms with Crippen LogP contribution in [0.4, 0.5) is 10.6 Å². The van der Waals surface area contributed by atoms with Crippen molar-refractivity contribution in [2.45, 2.75) is 25.7 Å². The molecule has 0 bridgehead atoms. The van der Waals surface area contributed by atoms with Crippen molar-refractivity contribution in [2.24, 2.45) is 0 Å². The van der Waals surface area contributed by atoms with E-state index in [1.54, 1.807) is 10.6 Å². The fourth-order valence-corrected chi connectivity index (χ4v) is 2.52. The molecule has 1 saturated heterocycles. The molecule has 0 aliphatic carbocycles. The van der Waals surface area contributed by atoms with E-state index >= 15 is 0 Å². The van der Waals surface area contributed by atoms with Crippen molar-refractivity contribution in [3.63, 3.8) is 0 Å². The second-order valence-electron chi connectivity index (χ2n) is 5.50. The maximum atomic E-state index is 12.0. The van der Waals surface area contributed by atoms with Crippen LogP contribution >= 0.6 is 0 Å². The molecular formula is C17H18N4O3. The van der Waals surface area contributed by atoms with Crippen LogP contribution in [0.1, 0.15) is 31.2 Å². The van der Waals surface area contributed by atoms with Gasteiger partial charge >= 0.3 is 6.03 Å². The third-order valence-electron chi connectivity index (χ3n) is 3.77. The Kier molecular flexibility index (Phi) is 4.77. The zero-order valence-electron chi connectivity index (χ0n) is 13.2. The van der Waals surface area contributed by atoms with E-state index in [1.165, 1.54) is 4.90 Å². The first-order valence-corrected chi connectivity index (χ1v) is 7.87. The summed E-state index contributed by atoms with van der Waals surface area (Å²) in [7, 11) is 0. The van der Waals surface area contributed by atoms with Crippen molar-refractivity contribution in [3.8, 4) is 11.8 Å². The molecule has 1 fully saturated rings. The number of imide groups is 1. The van der Waals surface area contributed by atoms with Crippen LogP contribution in [-0.4, -0.2) is 39.6 Å². The molecule has 2 aromatic heterocycles. The van der Waals surface area contributed by atoms with Crippen molar-refractivity contribution >= 4 is 23.4 Å². The van der Waals surface area contributed by atoms with E-state index in [9.17, 15) is 9.59 Å². The highest BCUT2D eigenvalue weighted by Gasteiger charge is 2.26. The fraction of sp³-hybridized carbons (Fsp3) is 0.353. The Labute approximate surface area is 139 Å². The van der Waals surface area contributed by atoms with Crippen LogP contribution in [0.15, 0.2) is 24.5 Å². The minimum atomic E-state index is -0.430. The van der Waals surface area contributed by atoms with E-state index in [2.05, 4.69) is 22.1 Å². The molecule has 0 spiro atoms. The zero-order valence-corrected chi connectivity index (χ0v) is 13.2. The van der Waals surface area contributed by atoms with Crippen molar-refractivity contribution in [2.75, 3.05) is 18.1 Å². The first-order valence-electron chi connectivity index (χ1n) is 7.87. The summed E-state index contributed by atoms with van der Waals surface area (Å²) in [5.74, 6) is 6.51. The van der Waals surface area contributed by atoms with E-state index in [0.717, 1.165) is 24.8 Å². The number of imidazole rings is 1. The molecular weight excluding hydrogens is 308 g/mol.